The highest BCUT2D eigenvalue weighted by Crippen LogP contribution is 2.23. The molecule has 0 spiro atoms. The topological polar surface area (TPSA) is 0 Å². The van der Waals surface area contributed by atoms with Crippen LogP contribution in [0.4, 0.5) is 0 Å². The molecule has 1 aliphatic rings. The van der Waals surface area contributed by atoms with Crippen molar-refractivity contribution in [2.75, 3.05) is 0 Å². The summed E-state index contributed by atoms with van der Waals surface area (Å²) in [6.07, 6.45) is 5.30. The van der Waals surface area contributed by atoms with E-state index in [2.05, 4.69) is 18.8 Å². The van der Waals surface area contributed by atoms with Crippen molar-refractivity contribution in [3.05, 3.63) is 42.3 Å². The summed E-state index contributed by atoms with van der Waals surface area (Å²) in [6, 6.07) is 8.12. The lowest BCUT2D eigenvalue weighted by atomic mass is 10.1. The molecule has 1 aromatic rings. The summed E-state index contributed by atoms with van der Waals surface area (Å²) in [5, 5.41) is 0. The van der Waals surface area contributed by atoms with Gasteiger partial charge in [-0.05, 0) is 37.5 Å². The summed E-state index contributed by atoms with van der Waals surface area (Å²) >= 11 is 0. The lowest BCUT2D eigenvalue weighted by Gasteiger charge is -1.96. The third-order valence-electron chi connectivity index (χ3n) is 2.73. The average molecular weight is 183 g/mol. The van der Waals surface area contributed by atoms with Gasteiger partial charge in [0.2, 0.25) is 0 Å². The van der Waals surface area contributed by atoms with Gasteiger partial charge in [-0.1, -0.05) is 36.8 Å². The van der Waals surface area contributed by atoms with E-state index in [0.29, 0.717) is 5.92 Å². The van der Waals surface area contributed by atoms with Gasteiger partial charge in [0, 0.05) is 11.5 Å². The molecule has 0 unspecified atom stereocenters. The first-order valence-electron chi connectivity index (χ1n) is 5.28. The van der Waals surface area contributed by atoms with Gasteiger partial charge in [0.05, 0.1) is 0 Å². The minimum atomic E-state index is 0.648. The van der Waals surface area contributed by atoms with Crippen LogP contribution in [0.25, 0.3) is 0 Å². The first-order valence-corrected chi connectivity index (χ1v) is 5.28. The Bertz CT molecular complexity index is 342. The lowest BCUT2D eigenvalue weighted by molar-refractivity contribution is 0.712. The van der Waals surface area contributed by atoms with E-state index in [9.17, 15) is 0 Å². The Balaban J connectivity index is 2.05. The summed E-state index contributed by atoms with van der Waals surface area (Å²) in [5.41, 5.74) is 2.17. The van der Waals surface area contributed by atoms with Crippen LogP contribution in [-0.2, 0) is 0 Å². The summed E-state index contributed by atoms with van der Waals surface area (Å²) in [6.45, 7) is 3.85. The molecule has 1 saturated carbocycles. The summed E-state index contributed by atoms with van der Waals surface area (Å²) < 4.78 is 0. The number of rotatable bonds is 0. The Kier molecular flexibility index (Phi) is 2.89. The van der Waals surface area contributed by atoms with Gasteiger partial charge >= 0.3 is 0 Å². The highest BCUT2D eigenvalue weighted by atomic mass is 14.1. The second kappa shape index (κ2) is 4.33. The third kappa shape index (κ3) is 2.39. The largest absolute Gasteiger partial charge is 0.0945 e. The molecule has 0 amide bonds. The van der Waals surface area contributed by atoms with Crippen LogP contribution in [0.2, 0.25) is 0 Å². The summed E-state index contributed by atoms with van der Waals surface area (Å²) in [4.78, 5) is 0. The Morgan fingerprint density at radius 2 is 1.71 bits per heavy atom. The van der Waals surface area contributed by atoms with Gasteiger partial charge in [-0.15, -0.1) is 0 Å². The number of hydrogen-bond donors (Lipinski definition) is 0. The molecule has 2 rings (SSSR count). The van der Waals surface area contributed by atoms with Crippen molar-refractivity contribution in [1.82, 2.24) is 0 Å². The predicted octanol–water partition coefficient (Wildman–Crippen LogP) is 3.41. The molecule has 0 atom stereocenters. The summed E-state index contributed by atoms with van der Waals surface area (Å²) in [5.74, 6) is 7.23. The Morgan fingerprint density at radius 1 is 1.07 bits per heavy atom. The van der Waals surface area contributed by atoms with Crippen LogP contribution in [0.5, 0.6) is 0 Å². The fraction of sp³-hybridized carbons (Fsp3) is 0.357. The van der Waals surface area contributed by atoms with Crippen LogP contribution in [0, 0.1) is 24.7 Å². The van der Waals surface area contributed by atoms with Crippen molar-refractivity contribution in [2.45, 2.75) is 25.7 Å². The van der Waals surface area contributed by atoms with E-state index >= 15 is 0 Å². The van der Waals surface area contributed by atoms with E-state index < -0.39 is 0 Å². The van der Waals surface area contributed by atoms with E-state index in [0.717, 1.165) is 11.1 Å². The minimum absolute atomic E-state index is 0.648. The normalized spacial score (nSPS) is 16.4. The molecule has 1 aliphatic carbocycles. The molecule has 1 fully saturated rings. The Morgan fingerprint density at radius 3 is 2.36 bits per heavy atom. The zero-order chi connectivity index (χ0) is 9.80. The molecule has 0 aromatic heterocycles. The average Bonchev–Trinajstić information content (AvgIpc) is 2.70. The Labute approximate surface area is 86.3 Å². The van der Waals surface area contributed by atoms with Gasteiger partial charge in [-0.2, -0.15) is 0 Å². The standard InChI is InChI=1S/C14H15/c1-12-6-8-14(9-7-12)11-10-13-4-2-3-5-13/h6-9,13H,1-5H2. The first kappa shape index (κ1) is 9.34. The maximum Gasteiger partial charge on any atom is 0.0245 e. The fourth-order valence-corrected chi connectivity index (χ4v) is 1.84. The third-order valence-corrected chi connectivity index (χ3v) is 2.73. The second-order valence-electron chi connectivity index (χ2n) is 3.95. The smallest absolute Gasteiger partial charge is 0.0245 e. The van der Waals surface area contributed by atoms with Gasteiger partial charge < -0.3 is 0 Å². The highest BCUT2D eigenvalue weighted by Gasteiger charge is 2.11. The van der Waals surface area contributed by atoms with Gasteiger partial charge in [0.1, 0.15) is 0 Å². The maximum atomic E-state index is 3.85. The molecule has 0 bridgehead atoms. The van der Waals surface area contributed by atoms with E-state index in [1.165, 1.54) is 25.7 Å². The molecule has 0 heterocycles. The molecule has 71 valence electrons. The van der Waals surface area contributed by atoms with Crippen molar-refractivity contribution in [1.29, 1.82) is 0 Å². The molecular formula is C14H15. The van der Waals surface area contributed by atoms with Gasteiger partial charge in [0.15, 0.2) is 0 Å². The molecule has 0 aliphatic heterocycles. The van der Waals surface area contributed by atoms with Crippen LogP contribution < -0.4 is 0 Å². The summed E-state index contributed by atoms with van der Waals surface area (Å²) in [7, 11) is 0. The molecule has 1 radical (unpaired) electrons. The maximum absolute atomic E-state index is 3.85. The fourth-order valence-electron chi connectivity index (χ4n) is 1.84. The first-order chi connectivity index (χ1) is 6.84. The van der Waals surface area contributed by atoms with E-state index in [-0.39, 0.29) is 0 Å². The molecule has 0 N–H and O–H groups in total. The quantitative estimate of drug-likeness (QED) is 0.541. The number of benzene rings is 1. The van der Waals surface area contributed by atoms with Crippen molar-refractivity contribution < 1.29 is 0 Å². The second-order valence-corrected chi connectivity index (χ2v) is 3.95. The Hall–Kier alpha value is -1.22. The van der Waals surface area contributed by atoms with Crippen LogP contribution in [0.15, 0.2) is 24.3 Å². The van der Waals surface area contributed by atoms with Gasteiger partial charge in [-0.3, -0.25) is 0 Å². The molecule has 0 nitrogen and oxygen atoms in total. The van der Waals surface area contributed by atoms with Crippen molar-refractivity contribution >= 4 is 0 Å². The van der Waals surface area contributed by atoms with Crippen molar-refractivity contribution in [3.63, 3.8) is 0 Å². The van der Waals surface area contributed by atoms with Crippen molar-refractivity contribution in [2.24, 2.45) is 5.92 Å². The van der Waals surface area contributed by atoms with Crippen LogP contribution >= 0.6 is 0 Å². The molecule has 0 saturated heterocycles. The van der Waals surface area contributed by atoms with E-state index in [1.807, 2.05) is 24.3 Å². The van der Waals surface area contributed by atoms with Gasteiger partial charge in [0.25, 0.3) is 0 Å². The van der Waals surface area contributed by atoms with Crippen LogP contribution in [-0.4, -0.2) is 0 Å². The lowest BCUT2D eigenvalue weighted by Crippen LogP contribution is -1.86. The van der Waals surface area contributed by atoms with E-state index in [1.54, 1.807) is 0 Å². The van der Waals surface area contributed by atoms with Crippen LogP contribution in [0.3, 0.4) is 0 Å². The highest BCUT2D eigenvalue weighted by molar-refractivity contribution is 5.37. The molecule has 0 heteroatoms. The zero-order valence-corrected chi connectivity index (χ0v) is 8.42. The number of hydrogen-bond acceptors (Lipinski definition) is 0. The monoisotopic (exact) mass is 183 g/mol. The van der Waals surface area contributed by atoms with Crippen LogP contribution in [0.1, 0.15) is 36.8 Å². The predicted molar refractivity (Wildman–Crippen MR) is 59.7 cm³/mol. The van der Waals surface area contributed by atoms with Gasteiger partial charge in [-0.25, -0.2) is 0 Å². The zero-order valence-electron chi connectivity index (χ0n) is 8.42. The molecule has 1 aromatic carbocycles. The minimum Gasteiger partial charge on any atom is -0.0945 e. The van der Waals surface area contributed by atoms with Crippen molar-refractivity contribution in [3.8, 4) is 11.8 Å². The molecular weight excluding hydrogens is 168 g/mol. The molecule has 14 heavy (non-hydrogen) atoms. The van der Waals surface area contributed by atoms with E-state index in [4.69, 9.17) is 0 Å². The SMILES string of the molecule is [CH2]c1ccc(C#CC2CCCC2)cc1.